The number of nitrogens with one attached hydrogen (secondary N) is 2. The highest BCUT2D eigenvalue weighted by atomic mass is 127. The first-order valence-corrected chi connectivity index (χ1v) is 11.3. The minimum Gasteiger partial charge on any atom is -0.371 e. The molecular formula is C23H32ClIN6. The number of guanidine groups is 1. The van der Waals surface area contributed by atoms with Crippen LogP contribution in [0.15, 0.2) is 53.7 Å². The van der Waals surface area contributed by atoms with Gasteiger partial charge in [0.05, 0.1) is 5.02 Å². The predicted octanol–water partition coefficient (Wildman–Crippen LogP) is 4.01. The lowest BCUT2D eigenvalue weighted by atomic mass is 10.1. The van der Waals surface area contributed by atoms with E-state index in [2.05, 4.69) is 62.7 Å². The van der Waals surface area contributed by atoms with Crippen LogP contribution in [0.4, 0.5) is 11.5 Å². The van der Waals surface area contributed by atoms with Gasteiger partial charge in [-0.3, -0.25) is 4.99 Å². The van der Waals surface area contributed by atoms with Gasteiger partial charge in [0.15, 0.2) is 5.96 Å². The van der Waals surface area contributed by atoms with E-state index >= 15 is 0 Å². The van der Waals surface area contributed by atoms with E-state index in [0.717, 1.165) is 57.5 Å². The second-order valence-corrected chi connectivity index (χ2v) is 8.45. The van der Waals surface area contributed by atoms with Gasteiger partial charge in [-0.2, -0.15) is 0 Å². The van der Waals surface area contributed by atoms with Crippen LogP contribution in [0.3, 0.4) is 0 Å². The first kappa shape index (κ1) is 23.9. The summed E-state index contributed by atoms with van der Waals surface area (Å²) in [4.78, 5) is 14.1. The highest BCUT2D eigenvalue weighted by molar-refractivity contribution is 14.0. The van der Waals surface area contributed by atoms with Crippen molar-refractivity contribution in [2.24, 2.45) is 10.9 Å². The number of halogens is 2. The first-order chi connectivity index (χ1) is 14.7. The Balaban J connectivity index is 0.00000272. The van der Waals surface area contributed by atoms with Gasteiger partial charge >= 0.3 is 0 Å². The Labute approximate surface area is 207 Å². The third-order valence-corrected chi connectivity index (χ3v) is 6.12. The average Bonchev–Trinajstić information content (AvgIpc) is 3.43. The number of nitrogens with zero attached hydrogens (tertiary/aromatic N) is 4. The molecule has 2 N–H and O–H groups in total. The zero-order valence-corrected chi connectivity index (χ0v) is 21.1. The van der Waals surface area contributed by atoms with Gasteiger partial charge in [-0.25, -0.2) is 4.98 Å². The normalized spacial score (nSPS) is 21.2. The van der Waals surface area contributed by atoms with Crippen molar-refractivity contribution >= 4 is 53.0 Å². The Bertz CT molecular complexity index is 849. The molecule has 2 aromatic rings. The molecule has 3 heterocycles. The van der Waals surface area contributed by atoms with Crippen LogP contribution in [0.25, 0.3) is 0 Å². The van der Waals surface area contributed by atoms with Crippen LogP contribution in [0.1, 0.15) is 19.8 Å². The van der Waals surface area contributed by atoms with Crippen molar-refractivity contribution in [3.63, 3.8) is 0 Å². The molecule has 2 unspecified atom stereocenters. The zero-order valence-electron chi connectivity index (χ0n) is 18.0. The number of pyridine rings is 1. The summed E-state index contributed by atoms with van der Waals surface area (Å²) in [5.74, 6) is 2.38. The number of aromatic nitrogens is 1. The Morgan fingerprint density at radius 1 is 1.10 bits per heavy atom. The molecule has 0 bridgehead atoms. The maximum atomic E-state index is 6.32. The van der Waals surface area contributed by atoms with Crippen LogP contribution >= 0.6 is 35.6 Å². The van der Waals surface area contributed by atoms with Crippen LogP contribution in [0, 0.1) is 5.92 Å². The monoisotopic (exact) mass is 554 g/mol. The van der Waals surface area contributed by atoms with Crippen LogP contribution in [-0.2, 0) is 0 Å². The van der Waals surface area contributed by atoms with Gasteiger partial charge in [0, 0.05) is 57.2 Å². The van der Waals surface area contributed by atoms with E-state index in [1.807, 2.05) is 12.1 Å². The highest BCUT2D eigenvalue weighted by Crippen LogP contribution is 2.26. The molecule has 1 aromatic carbocycles. The number of hydrogen-bond donors (Lipinski definition) is 2. The quantitative estimate of drug-likeness (QED) is 0.321. The first-order valence-electron chi connectivity index (χ1n) is 10.9. The Kier molecular flexibility index (Phi) is 9.07. The number of benzene rings is 1. The molecule has 0 spiro atoms. The summed E-state index contributed by atoms with van der Waals surface area (Å²) in [7, 11) is 0. The molecule has 8 heteroatoms. The predicted molar refractivity (Wildman–Crippen MR) is 141 cm³/mol. The fourth-order valence-corrected chi connectivity index (χ4v) is 4.51. The molecule has 168 valence electrons. The summed E-state index contributed by atoms with van der Waals surface area (Å²) in [6.45, 7) is 7.82. The van der Waals surface area contributed by atoms with Gasteiger partial charge in [0.1, 0.15) is 5.82 Å². The molecule has 31 heavy (non-hydrogen) atoms. The number of aliphatic imine (C=N–C) groups is 1. The highest BCUT2D eigenvalue weighted by Gasteiger charge is 2.26. The summed E-state index contributed by atoms with van der Waals surface area (Å²) in [6, 6.07) is 14.8. The van der Waals surface area contributed by atoms with E-state index in [4.69, 9.17) is 16.6 Å². The molecule has 2 aliphatic rings. The molecule has 2 aliphatic heterocycles. The second kappa shape index (κ2) is 11.8. The third kappa shape index (κ3) is 6.38. The lowest BCUT2D eigenvalue weighted by Crippen LogP contribution is -2.45. The van der Waals surface area contributed by atoms with Crippen LogP contribution in [0.5, 0.6) is 0 Å². The molecule has 2 fully saturated rings. The second-order valence-electron chi connectivity index (χ2n) is 8.04. The smallest absolute Gasteiger partial charge is 0.191 e. The maximum absolute atomic E-state index is 6.32. The van der Waals surface area contributed by atoms with Gasteiger partial charge in [0.2, 0.25) is 0 Å². The van der Waals surface area contributed by atoms with Gasteiger partial charge in [-0.05, 0) is 49.9 Å². The molecule has 0 saturated carbocycles. The van der Waals surface area contributed by atoms with E-state index in [1.54, 1.807) is 6.20 Å². The zero-order chi connectivity index (χ0) is 20.8. The van der Waals surface area contributed by atoms with Gasteiger partial charge in [0.25, 0.3) is 0 Å². The molecule has 4 rings (SSSR count). The lowest BCUT2D eigenvalue weighted by molar-refractivity contribution is 0.591. The lowest BCUT2D eigenvalue weighted by Gasteiger charge is -2.21. The van der Waals surface area contributed by atoms with Crippen molar-refractivity contribution in [1.82, 2.24) is 15.6 Å². The molecule has 2 atom stereocenters. The van der Waals surface area contributed by atoms with Crippen molar-refractivity contribution in [2.45, 2.75) is 25.8 Å². The molecule has 0 radical (unpaired) electrons. The molecule has 2 saturated heterocycles. The van der Waals surface area contributed by atoms with E-state index in [0.29, 0.717) is 17.0 Å². The summed E-state index contributed by atoms with van der Waals surface area (Å²) >= 11 is 6.32. The van der Waals surface area contributed by atoms with Crippen molar-refractivity contribution in [3.8, 4) is 0 Å². The standard InChI is InChI=1S/C23H31ClN6.HI/c1-2-25-23(27-15-18-10-13-29(16-18)20-7-4-3-5-8-20)28-19-11-14-30(17-19)22-21(24)9-6-12-26-22;/h3-9,12,18-19H,2,10-11,13-17H2,1H3,(H2,25,27,28);1H. The molecular weight excluding hydrogens is 523 g/mol. The molecule has 6 nitrogen and oxygen atoms in total. The van der Waals surface area contributed by atoms with E-state index in [-0.39, 0.29) is 24.0 Å². The van der Waals surface area contributed by atoms with E-state index in [9.17, 15) is 0 Å². The van der Waals surface area contributed by atoms with Crippen molar-refractivity contribution in [3.05, 3.63) is 53.7 Å². The minimum atomic E-state index is 0. The number of hydrogen-bond acceptors (Lipinski definition) is 4. The van der Waals surface area contributed by atoms with Gasteiger partial charge < -0.3 is 20.4 Å². The maximum Gasteiger partial charge on any atom is 0.191 e. The van der Waals surface area contributed by atoms with Crippen LogP contribution < -0.4 is 20.4 Å². The van der Waals surface area contributed by atoms with E-state index in [1.165, 1.54) is 12.1 Å². The Hall–Kier alpha value is -1.74. The summed E-state index contributed by atoms with van der Waals surface area (Å²) in [5, 5.41) is 7.73. The van der Waals surface area contributed by atoms with E-state index < -0.39 is 0 Å². The number of anilines is 2. The Morgan fingerprint density at radius 3 is 2.68 bits per heavy atom. The number of para-hydroxylation sites is 1. The summed E-state index contributed by atoms with van der Waals surface area (Å²) < 4.78 is 0. The fraction of sp³-hybridized carbons (Fsp3) is 0.478. The topological polar surface area (TPSA) is 55.8 Å². The third-order valence-electron chi connectivity index (χ3n) is 5.83. The Morgan fingerprint density at radius 2 is 1.90 bits per heavy atom. The molecule has 1 aromatic heterocycles. The van der Waals surface area contributed by atoms with Crippen molar-refractivity contribution in [2.75, 3.05) is 49.1 Å². The molecule has 0 aliphatic carbocycles. The van der Waals surface area contributed by atoms with Gasteiger partial charge in [-0.1, -0.05) is 29.8 Å². The van der Waals surface area contributed by atoms with Crippen molar-refractivity contribution < 1.29 is 0 Å². The van der Waals surface area contributed by atoms with Crippen molar-refractivity contribution in [1.29, 1.82) is 0 Å². The number of rotatable bonds is 6. The fourth-order valence-electron chi connectivity index (χ4n) is 4.27. The largest absolute Gasteiger partial charge is 0.371 e. The minimum absolute atomic E-state index is 0. The molecule has 0 amide bonds. The van der Waals surface area contributed by atoms with Crippen LogP contribution in [-0.4, -0.2) is 56.3 Å². The summed E-state index contributed by atoms with van der Waals surface area (Å²) in [6.07, 6.45) is 4.03. The average molecular weight is 555 g/mol. The van der Waals surface area contributed by atoms with Gasteiger partial charge in [-0.15, -0.1) is 24.0 Å². The van der Waals surface area contributed by atoms with Crippen LogP contribution in [0.2, 0.25) is 5.02 Å². The SMILES string of the molecule is CCNC(=NCC1CCN(c2ccccc2)C1)NC1CCN(c2ncccc2Cl)C1.I. The summed E-state index contributed by atoms with van der Waals surface area (Å²) in [5.41, 5.74) is 1.31.